The van der Waals surface area contributed by atoms with E-state index < -0.39 is 0 Å². The van der Waals surface area contributed by atoms with E-state index in [2.05, 4.69) is 60.5 Å². The molecule has 1 atom stereocenters. The van der Waals surface area contributed by atoms with E-state index in [0.29, 0.717) is 30.5 Å². The Morgan fingerprint density at radius 2 is 1.32 bits per heavy atom. The SMILES string of the molecule is COc1cc2c(cc1OCc1ccccc1)C([14CH2]Cc1cc(OC)c(OC)c(OCc3ccccc3)c1)N([14CH3])CC2. The smallest absolute Gasteiger partial charge is 0.203 e. The average molecular weight is 558 g/mol. The fourth-order valence-electron chi connectivity index (χ4n) is 5.49. The molecule has 0 aliphatic carbocycles. The number of rotatable bonds is 12. The maximum absolute atomic E-state index is 6.27. The number of likely N-dealkylation sites (N-methyl/N-ethyl adjacent to an activating group) is 1. The van der Waals surface area contributed by atoms with Crippen LogP contribution in [0.1, 0.15) is 40.3 Å². The molecule has 0 saturated heterocycles. The molecule has 6 heteroatoms. The van der Waals surface area contributed by atoms with Crippen LogP contribution in [0.5, 0.6) is 28.7 Å². The third-order valence-electron chi connectivity index (χ3n) is 7.74. The molecule has 0 fully saturated rings. The van der Waals surface area contributed by atoms with Gasteiger partial charge in [0.15, 0.2) is 23.0 Å². The van der Waals surface area contributed by atoms with Gasteiger partial charge in [0.25, 0.3) is 0 Å². The van der Waals surface area contributed by atoms with E-state index in [1.807, 2.05) is 36.4 Å². The summed E-state index contributed by atoms with van der Waals surface area (Å²) in [5, 5.41) is 0. The Hall–Kier alpha value is -4.16. The lowest BCUT2D eigenvalue weighted by molar-refractivity contribution is 0.216. The number of aryl methyl sites for hydroxylation is 1. The minimum absolute atomic E-state index is 0.241. The molecular formula is C35H39NO5. The first-order chi connectivity index (χ1) is 20.1. The summed E-state index contributed by atoms with van der Waals surface area (Å²) in [6, 6.07) is 29.1. The Kier molecular flexibility index (Phi) is 9.32. The second kappa shape index (κ2) is 13.5. The predicted molar refractivity (Wildman–Crippen MR) is 161 cm³/mol. The molecule has 1 aliphatic heterocycles. The Labute approximate surface area is 243 Å². The Morgan fingerprint density at radius 1 is 0.707 bits per heavy atom. The zero-order chi connectivity index (χ0) is 28.6. The summed E-state index contributed by atoms with van der Waals surface area (Å²) in [6.45, 7) is 1.94. The molecule has 1 unspecified atom stereocenters. The zero-order valence-corrected chi connectivity index (χ0v) is 24.4. The Balaban J connectivity index is 1.37. The lowest BCUT2D eigenvalue weighted by atomic mass is 9.96. The molecule has 1 heterocycles. The van der Waals surface area contributed by atoms with Gasteiger partial charge in [-0.3, -0.25) is 4.90 Å². The van der Waals surface area contributed by atoms with Crippen molar-refractivity contribution in [3.8, 4) is 28.7 Å². The largest absolute Gasteiger partial charge is 0.493 e. The van der Waals surface area contributed by atoms with Gasteiger partial charge in [-0.05, 0) is 78.4 Å². The van der Waals surface area contributed by atoms with Crippen molar-refractivity contribution in [2.24, 2.45) is 0 Å². The summed E-state index contributed by atoms with van der Waals surface area (Å²) < 4.78 is 29.6. The van der Waals surface area contributed by atoms with E-state index in [1.54, 1.807) is 21.3 Å². The van der Waals surface area contributed by atoms with E-state index in [1.165, 1.54) is 11.1 Å². The Morgan fingerprint density at radius 3 is 1.93 bits per heavy atom. The van der Waals surface area contributed by atoms with Crippen molar-refractivity contribution in [1.82, 2.24) is 4.90 Å². The van der Waals surface area contributed by atoms with E-state index >= 15 is 0 Å². The number of benzene rings is 4. The molecule has 0 amide bonds. The third kappa shape index (κ3) is 6.77. The highest BCUT2D eigenvalue weighted by Gasteiger charge is 2.27. The van der Waals surface area contributed by atoms with E-state index in [4.69, 9.17) is 23.7 Å². The van der Waals surface area contributed by atoms with Crippen LogP contribution in [0.3, 0.4) is 0 Å². The van der Waals surface area contributed by atoms with Crippen LogP contribution in [-0.2, 0) is 26.1 Å². The van der Waals surface area contributed by atoms with Crippen LogP contribution >= 0.6 is 0 Å². The van der Waals surface area contributed by atoms with Crippen LogP contribution in [-0.4, -0.2) is 39.8 Å². The van der Waals surface area contributed by atoms with Crippen LogP contribution in [0.25, 0.3) is 0 Å². The first kappa shape index (κ1) is 28.4. The predicted octanol–water partition coefficient (Wildman–Crippen LogP) is 7.03. The topological polar surface area (TPSA) is 49.4 Å². The molecule has 6 nitrogen and oxygen atoms in total. The standard InChI is InChI=1S/C35H39NO5/c1-36-18-17-28-21-31(37-2)32(40-23-25-11-7-5-8-12-25)22-29(28)30(36)16-15-27-19-33(38-3)35(39-4)34(20-27)41-24-26-13-9-6-10-14-26/h5-14,19-22,30H,15-18,23-24H2,1-4H3/i1+2,16+2. The van der Waals surface area contributed by atoms with Crippen LogP contribution in [0.2, 0.25) is 0 Å². The molecule has 5 rings (SSSR count). The Bertz CT molecular complexity index is 1420. The highest BCUT2D eigenvalue weighted by Crippen LogP contribution is 2.42. The van der Waals surface area contributed by atoms with Gasteiger partial charge in [-0.25, -0.2) is 0 Å². The summed E-state index contributed by atoms with van der Waals surface area (Å²) in [5.41, 5.74) is 5.97. The zero-order valence-electron chi connectivity index (χ0n) is 24.4. The molecule has 4 aromatic rings. The van der Waals surface area contributed by atoms with Crippen molar-refractivity contribution in [2.45, 2.75) is 38.5 Å². The molecule has 41 heavy (non-hydrogen) atoms. The lowest BCUT2D eigenvalue weighted by Gasteiger charge is -2.35. The van der Waals surface area contributed by atoms with Crippen LogP contribution < -0.4 is 23.7 Å². The van der Waals surface area contributed by atoms with Gasteiger partial charge < -0.3 is 23.7 Å². The van der Waals surface area contributed by atoms with Gasteiger partial charge in [0.05, 0.1) is 21.3 Å². The molecule has 0 bridgehead atoms. The summed E-state index contributed by atoms with van der Waals surface area (Å²) in [7, 11) is 7.22. The molecular weight excluding hydrogens is 518 g/mol. The number of hydrogen-bond donors (Lipinski definition) is 0. The minimum atomic E-state index is 0.241. The number of nitrogens with zero attached hydrogens (tertiary/aromatic N) is 1. The molecule has 4 aromatic carbocycles. The molecule has 214 valence electrons. The number of methoxy groups -OCH3 is 3. The van der Waals surface area contributed by atoms with E-state index in [0.717, 1.165) is 54.0 Å². The van der Waals surface area contributed by atoms with Crippen molar-refractivity contribution >= 4 is 0 Å². The van der Waals surface area contributed by atoms with Crippen molar-refractivity contribution in [3.63, 3.8) is 0 Å². The van der Waals surface area contributed by atoms with Gasteiger partial charge in [0.1, 0.15) is 13.2 Å². The quantitative estimate of drug-likeness (QED) is 0.186. The lowest BCUT2D eigenvalue weighted by Crippen LogP contribution is -2.32. The van der Waals surface area contributed by atoms with Gasteiger partial charge in [-0.1, -0.05) is 60.7 Å². The molecule has 0 saturated carbocycles. The molecule has 0 radical (unpaired) electrons. The summed E-state index contributed by atoms with van der Waals surface area (Å²) in [4.78, 5) is 2.43. The summed E-state index contributed by atoms with van der Waals surface area (Å²) in [5.74, 6) is 3.53. The minimum Gasteiger partial charge on any atom is -0.493 e. The monoisotopic (exact) mass is 557 g/mol. The number of hydrogen-bond acceptors (Lipinski definition) is 6. The summed E-state index contributed by atoms with van der Waals surface area (Å²) >= 11 is 0. The average Bonchev–Trinajstić information content (AvgIpc) is 3.02. The highest BCUT2D eigenvalue weighted by molar-refractivity contribution is 5.54. The second-order valence-corrected chi connectivity index (χ2v) is 10.4. The second-order valence-electron chi connectivity index (χ2n) is 10.4. The van der Waals surface area contributed by atoms with Crippen LogP contribution in [0.15, 0.2) is 84.9 Å². The van der Waals surface area contributed by atoms with Gasteiger partial charge in [-0.2, -0.15) is 0 Å². The normalized spacial score (nSPS) is 14.7. The van der Waals surface area contributed by atoms with Crippen molar-refractivity contribution in [2.75, 3.05) is 34.9 Å². The highest BCUT2D eigenvalue weighted by atomic mass is 16.5. The van der Waals surface area contributed by atoms with Crippen LogP contribution in [0.4, 0.5) is 0 Å². The van der Waals surface area contributed by atoms with Crippen LogP contribution in [0, 0.1) is 0 Å². The molecule has 1 aliphatic rings. The molecule has 0 N–H and O–H groups in total. The van der Waals surface area contributed by atoms with Gasteiger partial charge in [0.2, 0.25) is 5.75 Å². The first-order valence-corrected chi connectivity index (χ1v) is 14.1. The fourth-order valence-corrected chi connectivity index (χ4v) is 5.49. The third-order valence-corrected chi connectivity index (χ3v) is 7.74. The van der Waals surface area contributed by atoms with Crippen molar-refractivity contribution in [1.29, 1.82) is 0 Å². The van der Waals surface area contributed by atoms with Gasteiger partial charge in [0, 0.05) is 12.6 Å². The molecule has 0 aromatic heterocycles. The van der Waals surface area contributed by atoms with Gasteiger partial charge in [-0.15, -0.1) is 0 Å². The maximum Gasteiger partial charge on any atom is 0.203 e. The summed E-state index contributed by atoms with van der Waals surface area (Å²) in [6.07, 6.45) is 2.76. The number of fused-ring (bicyclic) bond motifs is 1. The van der Waals surface area contributed by atoms with E-state index in [9.17, 15) is 0 Å². The van der Waals surface area contributed by atoms with Crippen molar-refractivity contribution in [3.05, 3.63) is 113 Å². The first-order valence-electron chi connectivity index (χ1n) is 14.1. The maximum atomic E-state index is 6.27. The van der Waals surface area contributed by atoms with Gasteiger partial charge >= 0.3 is 0 Å². The fraction of sp³-hybridized carbons (Fsp3) is 0.314. The molecule has 0 spiro atoms. The number of ether oxygens (including phenoxy) is 5. The van der Waals surface area contributed by atoms with E-state index in [-0.39, 0.29) is 6.04 Å². The van der Waals surface area contributed by atoms with Crippen molar-refractivity contribution < 1.29 is 23.7 Å².